The van der Waals surface area contributed by atoms with Crippen LogP contribution in [0.25, 0.3) is 0 Å². The molecule has 1 aliphatic rings. The summed E-state index contributed by atoms with van der Waals surface area (Å²) in [4.78, 5) is 48.5. The van der Waals surface area contributed by atoms with Gasteiger partial charge in [0.15, 0.2) is 12.4 Å². The van der Waals surface area contributed by atoms with Crippen molar-refractivity contribution in [2.24, 2.45) is 5.73 Å². The van der Waals surface area contributed by atoms with Crippen LogP contribution in [0, 0.1) is 5.82 Å². The molecule has 1 fully saturated rings. The number of ketones is 1. The van der Waals surface area contributed by atoms with Gasteiger partial charge in [0, 0.05) is 18.5 Å². The second-order valence-electron chi connectivity index (χ2n) is 6.09. The summed E-state index contributed by atoms with van der Waals surface area (Å²) < 4.78 is 17.7. The van der Waals surface area contributed by atoms with Crippen LogP contribution in [0.1, 0.15) is 42.5 Å². The molecule has 0 saturated carbocycles. The van der Waals surface area contributed by atoms with Gasteiger partial charge in [0.1, 0.15) is 11.9 Å². The minimum absolute atomic E-state index is 0.105. The summed E-state index contributed by atoms with van der Waals surface area (Å²) in [5.74, 6) is -2.52. The number of benzene rings is 1. The summed E-state index contributed by atoms with van der Waals surface area (Å²) in [5, 5.41) is 0. The van der Waals surface area contributed by atoms with Crippen molar-refractivity contribution in [2.75, 3.05) is 13.2 Å². The number of primary amides is 1. The topological polar surface area (TPSA) is 107 Å². The number of carbonyl (C=O) groups is 4. The third-order valence-corrected chi connectivity index (χ3v) is 4.23. The Morgan fingerprint density at radius 2 is 1.81 bits per heavy atom. The van der Waals surface area contributed by atoms with Gasteiger partial charge in [-0.2, -0.15) is 0 Å². The fraction of sp³-hybridized carbons (Fsp3) is 0.444. The van der Waals surface area contributed by atoms with Gasteiger partial charge in [0.05, 0.1) is 6.42 Å². The van der Waals surface area contributed by atoms with E-state index >= 15 is 0 Å². The Kier molecular flexibility index (Phi) is 6.82. The molecule has 7 nitrogen and oxygen atoms in total. The third kappa shape index (κ3) is 5.37. The lowest BCUT2D eigenvalue weighted by Gasteiger charge is -2.33. The van der Waals surface area contributed by atoms with Gasteiger partial charge in [-0.15, -0.1) is 0 Å². The largest absolute Gasteiger partial charge is 0.456 e. The minimum atomic E-state index is -0.693. The van der Waals surface area contributed by atoms with E-state index in [1.54, 1.807) is 0 Å². The van der Waals surface area contributed by atoms with Gasteiger partial charge in [0.25, 0.3) is 5.91 Å². The fourth-order valence-corrected chi connectivity index (χ4v) is 2.82. The number of ether oxygens (including phenoxy) is 1. The molecule has 1 aliphatic heterocycles. The number of piperidine rings is 1. The number of carbonyl (C=O) groups excluding carboxylic acids is 4. The highest BCUT2D eigenvalue weighted by Crippen LogP contribution is 2.17. The number of esters is 1. The van der Waals surface area contributed by atoms with Gasteiger partial charge in [-0.05, 0) is 43.5 Å². The Hall–Kier alpha value is -2.77. The van der Waals surface area contributed by atoms with Gasteiger partial charge in [0.2, 0.25) is 5.91 Å². The Bertz CT molecular complexity index is 689. The molecule has 0 radical (unpaired) electrons. The van der Waals surface area contributed by atoms with Crippen LogP contribution in [0.5, 0.6) is 0 Å². The maximum absolute atomic E-state index is 12.8. The number of likely N-dealkylation sites (tertiary alicyclic amines) is 1. The van der Waals surface area contributed by atoms with Gasteiger partial charge >= 0.3 is 5.97 Å². The van der Waals surface area contributed by atoms with E-state index in [2.05, 4.69) is 0 Å². The van der Waals surface area contributed by atoms with Crippen molar-refractivity contribution in [3.63, 3.8) is 0 Å². The Morgan fingerprint density at radius 3 is 2.46 bits per heavy atom. The Morgan fingerprint density at radius 1 is 1.12 bits per heavy atom. The Labute approximate surface area is 150 Å². The molecule has 8 heteroatoms. The van der Waals surface area contributed by atoms with E-state index in [0.29, 0.717) is 18.5 Å². The molecule has 26 heavy (non-hydrogen) atoms. The first kappa shape index (κ1) is 19.6. The van der Waals surface area contributed by atoms with E-state index < -0.39 is 36.2 Å². The first-order chi connectivity index (χ1) is 12.4. The van der Waals surface area contributed by atoms with Crippen molar-refractivity contribution in [1.82, 2.24) is 4.90 Å². The van der Waals surface area contributed by atoms with Gasteiger partial charge in [-0.3, -0.25) is 19.2 Å². The summed E-state index contributed by atoms with van der Waals surface area (Å²) in [5.41, 5.74) is 5.59. The number of hydrogen-bond acceptors (Lipinski definition) is 5. The van der Waals surface area contributed by atoms with E-state index in [0.717, 1.165) is 25.0 Å². The van der Waals surface area contributed by atoms with Gasteiger partial charge in [-0.25, -0.2) is 4.39 Å². The average molecular weight is 364 g/mol. The van der Waals surface area contributed by atoms with E-state index in [4.69, 9.17) is 10.5 Å². The molecule has 2 rings (SSSR count). The summed E-state index contributed by atoms with van der Waals surface area (Å²) in [6.07, 6.45) is 1.77. The van der Waals surface area contributed by atoms with Crippen LogP contribution in [0.15, 0.2) is 24.3 Å². The number of halogens is 1. The second-order valence-corrected chi connectivity index (χ2v) is 6.09. The smallest absolute Gasteiger partial charge is 0.306 e. The van der Waals surface area contributed by atoms with Crippen molar-refractivity contribution in [3.05, 3.63) is 35.6 Å². The van der Waals surface area contributed by atoms with Crippen molar-refractivity contribution < 1.29 is 28.3 Å². The van der Waals surface area contributed by atoms with Gasteiger partial charge in [-0.1, -0.05) is 0 Å². The average Bonchev–Trinajstić information content (AvgIpc) is 2.64. The van der Waals surface area contributed by atoms with E-state index in [1.807, 2.05) is 0 Å². The number of Topliss-reactive ketones (excluding diaryl/α,β-unsaturated/α-hetero) is 1. The molecule has 0 unspecified atom stereocenters. The maximum Gasteiger partial charge on any atom is 0.306 e. The van der Waals surface area contributed by atoms with Crippen LogP contribution in [0.4, 0.5) is 4.39 Å². The highest BCUT2D eigenvalue weighted by molar-refractivity contribution is 5.97. The fourth-order valence-electron chi connectivity index (χ4n) is 2.82. The molecule has 0 aliphatic carbocycles. The van der Waals surface area contributed by atoms with Crippen LogP contribution in [-0.4, -0.2) is 47.7 Å². The molecule has 1 aromatic rings. The van der Waals surface area contributed by atoms with Crippen LogP contribution in [0.3, 0.4) is 0 Å². The lowest BCUT2D eigenvalue weighted by atomic mass is 10.0. The summed E-state index contributed by atoms with van der Waals surface area (Å²) in [7, 11) is 0. The maximum atomic E-state index is 12.8. The predicted molar refractivity (Wildman–Crippen MR) is 89.5 cm³/mol. The molecule has 1 aromatic carbocycles. The predicted octanol–water partition coefficient (Wildman–Crippen LogP) is 1.20. The molecule has 1 saturated heterocycles. The zero-order chi connectivity index (χ0) is 19.1. The molecule has 0 aromatic heterocycles. The SMILES string of the molecule is NC(=O)[C@H]1CCCCN1C(=O)COC(=O)CCC(=O)c1ccc(F)cc1. The van der Waals surface area contributed by atoms with Crippen LogP contribution >= 0.6 is 0 Å². The number of amides is 2. The number of rotatable bonds is 7. The van der Waals surface area contributed by atoms with Crippen LogP contribution in [0.2, 0.25) is 0 Å². The van der Waals surface area contributed by atoms with Crippen molar-refractivity contribution in [3.8, 4) is 0 Å². The molecule has 2 amide bonds. The van der Waals surface area contributed by atoms with E-state index in [-0.39, 0.29) is 18.6 Å². The van der Waals surface area contributed by atoms with Crippen LogP contribution in [-0.2, 0) is 19.1 Å². The highest BCUT2D eigenvalue weighted by Gasteiger charge is 2.30. The van der Waals surface area contributed by atoms with Crippen molar-refractivity contribution in [2.45, 2.75) is 38.1 Å². The van der Waals surface area contributed by atoms with Crippen molar-refractivity contribution >= 4 is 23.6 Å². The molecule has 1 heterocycles. The molecule has 0 bridgehead atoms. The second kappa shape index (κ2) is 9.07. The molecule has 1 atom stereocenters. The Balaban J connectivity index is 1.77. The number of nitrogens with two attached hydrogens (primary N) is 1. The van der Waals surface area contributed by atoms with E-state index in [9.17, 15) is 23.6 Å². The number of hydrogen-bond donors (Lipinski definition) is 1. The molecule has 0 spiro atoms. The van der Waals surface area contributed by atoms with Crippen LogP contribution < -0.4 is 5.73 Å². The summed E-state index contributed by atoms with van der Waals surface area (Å²) >= 11 is 0. The minimum Gasteiger partial charge on any atom is -0.456 e. The zero-order valence-corrected chi connectivity index (χ0v) is 14.3. The zero-order valence-electron chi connectivity index (χ0n) is 14.3. The summed E-state index contributed by atoms with van der Waals surface area (Å²) in [6.45, 7) is -0.0968. The third-order valence-electron chi connectivity index (χ3n) is 4.23. The lowest BCUT2D eigenvalue weighted by molar-refractivity contribution is -0.154. The molecule has 2 N–H and O–H groups in total. The highest BCUT2D eigenvalue weighted by atomic mass is 19.1. The molecule has 140 valence electrons. The molecular formula is C18H21FN2O5. The first-order valence-corrected chi connectivity index (χ1v) is 8.41. The number of nitrogens with zero attached hydrogens (tertiary/aromatic N) is 1. The standard InChI is InChI=1S/C18H21FN2O5/c19-13-6-4-12(5-7-13)15(22)8-9-17(24)26-11-16(23)21-10-2-1-3-14(21)18(20)25/h4-7,14H,1-3,8-11H2,(H2,20,25)/t14-/m1/s1. The lowest BCUT2D eigenvalue weighted by Crippen LogP contribution is -2.51. The summed E-state index contributed by atoms with van der Waals surface area (Å²) in [6, 6.07) is 4.34. The quantitative estimate of drug-likeness (QED) is 0.578. The van der Waals surface area contributed by atoms with Crippen molar-refractivity contribution in [1.29, 1.82) is 0 Å². The first-order valence-electron chi connectivity index (χ1n) is 8.41. The molecular weight excluding hydrogens is 343 g/mol. The normalized spacial score (nSPS) is 16.8. The monoisotopic (exact) mass is 364 g/mol. The van der Waals surface area contributed by atoms with Gasteiger partial charge < -0.3 is 15.4 Å². The van der Waals surface area contributed by atoms with E-state index in [1.165, 1.54) is 17.0 Å².